The molecule has 1 aromatic rings. The van der Waals surface area contributed by atoms with Crippen LogP contribution in [0.15, 0.2) is 12.1 Å². The number of ketones is 1. The Morgan fingerprint density at radius 2 is 2.12 bits per heavy atom. The number of Topliss-reactive ketones (excluding diaryl/α,β-unsaturated/α-hetero) is 1. The molecule has 0 aromatic heterocycles. The number of carbonyl (C=O) groups is 1. The van der Waals surface area contributed by atoms with Crippen LogP contribution in [0.2, 0.25) is 0 Å². The quantitative estimate of drug-likeness (QED) is 0.876. The summed E-state index contributed by atoms with van der Waals surface area (Å²) in [6, 6.07) is 3.88. The highest BCUT2D eigenvalue weighted by Crippen LogP contribution is 2.74. The Morgan fingerprint density at radius 3 is 2.76 bits per heavy atom. The Kier molecular flexibility index (Phi) is 3.51. The van der Waals surface area contributed by atoms with Crippen molar-refractivity contribution in [3.8, 4) is 11.5 Å². The van der Waals surface area contributed by atoms with Crippen molar-refractivity contribution < 1.29 is 19.4 Å². The minimum absolute atomic E-state index is 0.141. The lowest BCUT2D eigenvalue weighted by atomic mass is 9.31. The third kappa shape index (κ3) is 1.73. The maximum atomic E-state index is 13.1. The Balaban J connectivity index is 1.90. The number of benzene rings is 1. The van der Waals surface area contributed by atoms with Crippen LogP contribution in [0.4, 0.5) is 0 Å². The minimum atomic E-state index is -0.769. The third-order valence-corrected chi connectivity index (χ3v) is 7.47. The molecule has 2 unspecified atom stereocenters. The van der Waals surface area contributed by atoms with Crippen molar-refractivity contribution in [3.63, 3.8) is 0 Å². The number of hydrogen-bond donors (Lipinski definition) is 2. The first kappa shape index (κ1) is 16.9. The Hall–Kier alpha value is -1.59. The molecule has 0 heterocycles. The van der Waals surface area contributed by atoms with Crippen LogP contribution in [0.3, 0.4) is 0 Å². The summed E-state index contributed by atoms with van der Waals surface area (Å²) in [7, 11) is 5.15. The number of aryl methyl sites for hydroxylation is 1. The third-order valence-electron chi connectivity index (χ3n) is 7.47. The van der Waals surface area contributed by atoms with Crippen LogP contribution < -0.4 is 10.1 Å². The summed E-state index contributed by atoms with van der Waals surface area (Å²) in [6.45, 7) is 2.70. The standard InChI is InChI=1S/C20H27NO4/c1-18(25-4)15(22)9-19-10-20(18,11-21-2)14(19)8-6-12-5-7-13(24-3)17(23)16(12)19/h5,7,14,21,23H,6,8-11H2,1-4H3/t14-,18?,19+,20?/m1/s1. The molecule has 2 fully saturated rings. The number of carbonyl (C=O) groups excluding carboxylic acids is 1. The smallest absolute Gasteiger partial charge is 0.165 e. The number of phenolic OH excluding ortho intramolecular Hbond substituents is 1. The maximum Gasteiger partial charge on any atom is 0.165 e. The maximum absolute atomic E-state index is 13.1. The highest BCUT2D eigenvalue weighted by Gasteiger charge is 2.77. The van der Waals surface area contributed by atoms with Gasteiger partial charge in [-0.1, -0.05) is 6.07 Å². The number of hydrogen-bond acceptors (Lipinski definition) is 5. The molecule has 3 aliphatic rings. The largest absolute Gasteiger partial charge is 0.504 e. The average molecular weight is 345 g/mol. The van der Waals surface area contributed by atoms with Crippen molar-refractivity contribution in [1.82, 2.24) is 5.32 Å². The molecule has 0 saturated heterocycles. The predicted octanol–water partition coefficient (Wildman–Crippen LogP) is 2.19. The molecule has 1 aromatic carbocycles. The van der Waals surface area contributed by atoms with E-state index >= 15 is 0 Å². The fourth-order valence-corrected chi connectivity index (χ4v) is 6.36. The van der Waals surface area contributed by atoms with Gasteiger partial charge in [-0.3, -0.25) is 4.79 Å². The van der Waals surface area contributed by atoms with Crippen molar-refractivity contribution in [3.05, 3.63) is 23.3 Å². The monoisotopic (exact) mass is 345 g/mol. The lowest BCUT2D eigenvalue weighted by Crippen LogP contribution is -2.79. The van der Waals surface area contributed by atoms with Gasteiger partial charge in [0.1, 0.15) is 5.60 Å². The second kappa shape index (κ2) is 5.21. The van der Waals surface area contributed by atoms with Crippen LogP contribution in [0.5, 0.6) is 11.5 Å². The Bertz CT molecular complexity index is 747. The van der Waals surface area contributed by atoms with E-state index in [1.165, 1.54) is 0 Å². The van der Waals surface area contributed by atoms with Gasteiger partial charge in [0.25, 0.3) is 0 Å². The van der Waals surface area contributed by atoms with Crippen molar-refractivity contribution in [2.24, 2.45) is 11.3 Å². The molecular formula is C20H27NO4. The van der Waals surface area contributed by atoms with E-state index < -0.39 is 5.60 Å². The van der Waals surface area contributed by atoms with E-state index in [2.05, 4.69) is 5.32 Å². The first-order valence-corrected chi connectivity index (χ1v) is 9.02. The van der Waals surface area contributed by atoms with E-state index in [-0.39, 0.29) is 22.4 Å². The van der Waals surface area contributed by atoms with Crippen LogP contribution in [-0.4, -0.2) is 44.3 Å². The molecule has 2 N–H and O–H groups in total. The molecule has 0 radical (unpaired) electrons. The summed E-state index contributed by atoms with van der Waals surface area (Å²) in [5.74, 6) is 1.17. The molecule has 4 rings (SSSR count). The Morgan fingerprint density at radius 1 is 1.36 bits per heavy atom. The molecule has 4 atom stereocenters. The number of phenols is 1. The number of nitrogens with one attached hydrogen (secondary N) is 1. The van der Waals surface area contributed by atoms with E-state index in [0.717, 1.165) is 36.9 Å². The first-order chi connectivity index (χ1) is 11.9. The molecule has 5 nitrogen and oxygen atoms in total. The molecule has 0 amide bonds. The van der Waals surface area contributed by atoms with Crippen molar-refractivity contribution in [2.45, 2.75) is 43.6 Å². The van der Waals surface area contributed by atoms with Crippen molar-refractivity contribution >= 4 is 5.78 Å². The fraction of sp³-hybridized carbons (Fsp3) is 0.650. The van der Waals surface area contributed by atoms with Crippen LogP contribution >= 0.6 is 0 Å². The first-order valence-electron chi connectivity index (χ1n) is 9.02. The second-order valence-corrected chi connectivity index (χ2v) is 8.10. The van der Waals surface area contributed by atoms with Gasteiger partial charge in [0.2, 0.25) is 0 Å². The summed E-state index contributed by atoms with van der Waals surface area (Å²) in [5, 5.41) is 14.2. The SMILES string of the molecule is CNCC12C[C@]3(CC(=O)C1(C)OC)c1c(ccc(OC)c1O)CC[C@@H]23. The summed E-state index contributed by atoms with van der Waals surface area (Å²) in [5.41, 5.74) is 0.828. The van der Waals surface area contributed by atoms with E-state index in [4.69, 9.17) is 9.47 Å². The molecule has 0 aliphatic heterocycles. The predicted molar refractivity (Wildman–Crippen MR) is 94.2 cm³/mol. The van der Waals surface area contributed by atoms with Gasteiger partial charge in [0.15, 0.2) is 17.3 Å². The van der Waals surface area contributed by atoms with E-state index in [9.17, 15) is 9.90 Å². The normalized spacial score (nSPS) is 38.6. The van der Waals surface area contributed by atoms with Crippen LogP contribution in [0.1, 0.15) is 37.3 Å². The number of rotatable bonds is 4. The van der Waals surface area contributed by atoms with E-state index in [0.29, 0.717) is 18.1 Å². The average Bonchev–Trinajstić information content (AvgIpc) is 2.58. The zero-order valence-corrected chi connectivity index (χ0v) is 15.4. The second-order valence-electron chi connectivity index (χ2n) is 8.10. The van der Waals surface area contributed by atoms with Gasteiger partial charge in [-0.05, 0) is 50.8 Å². The molecule has 5 heteroatoms. The highest BCUT2D eigenvalue weighted by molar-refractivity contribution is 5.93. The van der Waals surface area contributed by atoms with E-state index in [1.807, 2.05) is 26.1 Å². The topological polar surface area (TPSA) is 67.8 Å². The van der Waals surface area contributed by atoms with Gasteiger partial charge in [-0.25, -0.2) is 0 Å². The molecule has 1 spiro atoms. The summed E-state index contributed by atoms with van der Waals surface area (Å²) in [6.07, 6.45) is 3.22. The summed E-state index contributed by atoms with van der Waals surface area (Å²) < 4.78 is 11.2. The molecule has 3 aliphatic carbocycles. The summed E-state index contributed by atoms with van der Waals surface area (Å²) >= 11 is 0. The zero-order valence-electron chi connectivity index (χ0n) is 15.4. The lowest BCUT2D eigenvalue weighted by molar-refractivity contribution is -0.240. The van der Waals surface area contributed by atoms with Crippen molar-refractivity contribution in [2.75, 3.05) is 27.8 Å². The van der Waals surface area contributed by atoms with Crippen LogP contribution in [0, 0.1) is 11.3 Å². The van der Waals surface area contributed by atoms with Gasteiger partial charge >= 0.3 is 0 Å². The van der Waals surface area contributed by atoms with Gasteiger partial charge in [-0.15, -0.1) is 0 Å². The number of aromatic hydroxyl groups is 1. The number of methoxy groups -OCH3 is 2. The molecular weight excluding hydrogens is 318 g/mol. The molecule has 25 heavy (non-hydrogen) atoms. The molecule has 2 bridgehead atoms. The lowest BCUT2D eigenvalue weighted by Gasteiger charge is -2.73. The minimum Gasteiger partial charge on any atom is -0.504 e. The van der Waals surface area contributed by atoms with Crippen LogP contribution in [-0.2, 0) is 21.4 Å². The number of fused-ring (bicyclic) bond motifs is 3. The van der Waals surface area contributed by atoms with Crippen LogP contribution in [0.25, 0.3) is 0 Å². The highest BCUT2D eigenvalue weighted by atomic mass is 16.5. The van der Waals surface area contributed by atoms with E-state index in [1.54, 1.807) is 14.2 Å². The van der Waals surface area contributed by atoms with Gasteiger partial charge in [-0.2, -0.15) is 0 Å². The van der Waals surface area contributed by atoms with Crippen molar-refractivity contribution in [1.29, 1.82) is 0 Å². The fourth-order valence-electron chi connectivity index (χ4n) is 6.36. The summed E-state index contributed by atoms with van der Waals surface area (Å²) in [4.78, 5) is 13.1. The number of ether oxygens (including phenoxy) is 2. The molecule has 2 saturated carbocycles. The van der Waals surface area contributed by atoms with Gasteiger partial charge in [0.05, 0.1) is 7.11 Å². The Labute approximate surface area is 148 Å². The molecule has 136 valence electrons. The van der Waals surface area contributed by atoms with Gasteiger partial charge < -0.3 is 19.9 Å². The zero-order chi connectivity index (χ0) is 18.0. The van der Waals surface area contributed by atoms with Gasteiger partial charge in [0, 0.05) is 36.5 Å².